The van der Waals surface area contributed by atoms with E-state index in [0.29, 0.717) is 5.95 Å². The fourth-order valence-corrected chi connectivity index (χ4v) is 1.56. The summed E-state index contributed by atoms with van der Waals surface area (Å²) in [5.74, 6) is 0.598. The van der Waals surface area contributed by atoms with Gasteiger partial charge in [-0.25, -0.2) is 9.97 Å². The average Bonchev–Trinajstić information content (AvgIpc) is 2.15. The summed E-state index contributed by atoms with van der Waals surface area (Å²) in [4.78, 5) is 8.26. The maximum atomic E-state index is 9.77. The zero-order valence-corrected chi connectivity index (χ0v) is 8.49. The molecular formula is C10H15N3O. The third-order valence-corrected chi connectivity index (χ3v) is 2.77. The molecule has 76 valence electrons. The van der Waals surface area contributed by atoms with E-state index in [4.69, 9.17) is 0 Å². The summed E-state index contributed by atoms with van der Waals surface area (Å²) >= 11 is 0. The average molecular weight is 193 g/mol. The molecule has 0 unspecified atom stereocenters. The Labute approximate surface area is 83.4 Å². The second-order valence-corrected chi connectivity index (χ2v) is 4.18. The minimum absolute atomic E-state index is 0.0882. The molecule has 2 rings (SSSR count). The maximum absolute atomic E-state index is 9.77. The van der Waals surface area contributed by atoms with Gasteiger partial charge >= 0.3 is 0 Å². The van der Waals surface area contributed by atoms with Crippen LogP contribution < -0.4 is 5.32 Å². The highest BCUT2D eigenvalue weighted by atomic mass is 16.3. The second kappa shape index (κ2) is 3.20. The van der Waals surface area contributed by atoms with Crippen molar-refractivity contribution in [2.75, 3.05) is 5.32 Å². The summed E-state index contributed by atoms with van der Waals surface area (Å²) in [6, 6.07) is 0.0882. The van der Waals surface area contributed by atoms with E-state index in [1.54, 1.807) is 12.4 Å². The number of aryl methyl sites for hydroxylation is 1. The van der Waals surface area contributed by atoms with Crippen LogP contribution in [0, 0.1) is 6.92 Å². The van der Waals surface area contributed by atoms with Gasteiger partial charge in [0.25, 0.3) is 0 Å². The lowest BCUT2D eigenvalue weighted by Crippen LogP contribution is -2.53. The molecule has 0 aliphatic heterocycles. The normalized spacial score (nSPS) is 30.9. The molecule has 0 amide bonds. The molecule has 1 aromatic heterocycles. The van der Waals surface area contributed by atoms with Crippen molar-refractivity contribution in [1.82, 2.24) is 9.97 Å². The van der Waals surface area contributed by atoms with Crippen LogP contribution in [0.5, 0.6) is 0 Å². The van der Waals surface area contributed by atoms with Crippen LogP contribution >= 0.6 is 0 Å². The van der Waals surface area contributed by atoms with Crippen molar-refractivity contribution in [3.05, 3.63) is 18.0 Å². The number of hydrogen-bond acceptors (Lipinski definition) is 4. The zero-order chi connectivity index (χ0) is 10.2. The van der Waals surface area contributed by atoms with E-state index in [9.17, 15) is 5.11 Å². The smallest absolute Gasteiger partial charge is 0.222 e. The Morgan fingerprint density at radius 1 is 1.50 bits per heavy atom. The molecule has 14 heavy (non-hydrogen) atoms. The van der Waals surface area contributed by atoms with Gasteiger partial charge in [0.2, 0.25) is 5.95 Å². The van der Waals surface area contributed by atoms with Crippen molar-refractivity contribution in [3.8, 4) is 0 Å². The molecule has 0 radical (unpaired) electrons. The molecule has 4 nitrogen and oxygen atoms in total. The van der Waals surface area contributed by atoms with Crippen LogP contribution in [0.15, 0.2) is 12.4 Å². The number of nitrogens with one attached hydrogen (secondary N) is 1. The van der Waals surface area contributed by atoms with Gasteiger partial charge in [-0.2, -0.15) is 0 Å². The first-order chi connectivity index (χ1) is 6.58. The van der Waals surface area contributed by atoms with Crippen LogP contribution in [0.4, 0.5) is 5.95 Å². The van der Waals surface area contributed by atoms with Crippen molar-refractivity contribution in [2.45, 2.75) is 38.3 Å². The van der Waals surface area contributed by atoms with Crippen molar-refractivity contribution < 1.29 is 5.11 Å². The van der Waals surface area contributed by atoms with E-state index in [-0.39, 0.29) is 6.04 Å². The number of aliphatic hydroxyl groups is 1. The molecule has 1 aliphatic carbocycles. The molecule has 0 bridgehead atoms. The van der Waals surface area contributed by atoms with Crippen molar-refractivity contribution in [2.24, 2.45) is 0 Å². The Morgan fingerprint density at radius 3 is 2.57 bits per heavy atom. The molecule has 2 N–H and O–H groups in total. The molecule has 0 spiro atoms. The van der Waals surface area contributed by atoms with Gasteiger partial charge in [-0.1, -0.05) is 0 Å². The van der Waals surface area contributed by atoms with Crippen molar-refractivity contribution in [3.63, 3.8) is 0 Å². The van der Waals surface area contributed by atoms with E-state index in [2.05, 4.69) is 15.3 Å². The summed E-state index contributed by atoms with van der Waals surface area (Å²) in [5.41, 5.74) is 0.435. The summed E-state index contributed by atoms with van der Waals surface area (Å²) in [7, 11) is 0. The van der Waals surface area contributed by atoms with Gasteiger partial charge in [-0.15, -0.1) is 0 Å². The van der Waals surface area contributed by atoms with Crippen LogP contribution in [-0.2, 0) is 0 Å². The largest absolute Gasteiger partial charge is 0.388 e. The van der Waals surface area contributed by atoms with Gasteiger partial charge in [0.15, 0.2) is 0 Å². The summed E-state index contributed by atoms with van der Waals surface area (Å²) < 4.78 is 0. The van der Waals surface area contributed by atoms with E-state index in [1.807, 2.05) is 13.8 Å². The lowest BCUT2D eigenvalue weighted by molar-refractivity contribution is -0.0288. The molecule has 1 heterocycles. The fourth-order valence-electron chi connectivity index (χ4n) is 1.56. The third-order valence-electron chi connectivity index (χ3n) is 2.77. The highest BCUT2D eigenvalue weighted by molar-refractivity contribution is 5.29. The Balaban J connectivity index is 2.01. The van der Waals surface area contributed by atoms with Crippen LogP contribution in [0.2, 0.25) is 0 Å². The maximum Gasteiger partial charge on any atom is 0.222 e. The predicted molar refractivity (Wildman–Crippen MR) is 54.0 cm³/mol. The van der Waals surface area contributed by atoms with E-state index >= 15 is 0 Å². The molecule has 1 aliphatic rings. The number of anilines is 1. The molecule has 0 saturated heterocycles. The highest BCUT2D eigenvalue weighted by Gasteiger charge is 2.41. The lowest BCUT2D eigenvalue weighted by atomic mass is 9.76. The number of nitrogens with zero attached hydrogens (tertiary/aromatic N) is 2. The van der Waals surface area contributed by atoms with E-state index < -0.39 is 5.60 Å². The van der Waals surface area contributed by atoms with Gasteiger partial charge in [-0.05, 0) is 32.3 Å². The van der Waals surface area contributed by atoms with Crippen LogP contribution in [0.1, 0.15) is 25.3 Å². The second-order valence-electron chi connectivity index (χ2n) is 4.18. The van der Waals surface area contributed by atoms with Gasteiger partial charge in [0.1, 0.15) is 0 Å². The SMILES string of the molecule is Cc1cnc(N[C@@H]2CC[C@@]2(C)O)nc1. The minimum atomic E-state index is -0.603. The monoisotopic (exact) mass is 193 g/mol. The first-order valence-electron chi connectivity index (χ1n) is 4.85. The van der Waals surface area contributed by atoms with Gasteiger partial charge in [0.05, 0.1) is 11.6 Å². The topological polar surface area (TPSA) is 58.0 Å². The fraction of sp³-hybridized carbons (Fsp3) is 0.600. The van der Waals surface area contributed by atoms with Crippen molar-refractivity contribution in [1.29, 1.82) is 0 Å². The Hall–Kier alpha value is -1.16. The first-order valence-corrected chi connectivity index (χ1v) is 4.85. The van der Waals surface area contributed by atoms with Crippen LogP contribution in [0.3, 0.4) is 0 Å². The summed E-state index contributed by atoms with van der Waals surface area (Å²) in [6.45, 7) is 3.78. The number of aromatic nitrogens is 2. The van der Waals surface area contributed by atoms with E-state index in [0.717, 1.165) is 18.4 Å². The first kappa shape index (κ1) is 9.40. The van der Waals surface area contributed by atoms with Crippen LogP contribution in [0.25, 0.3) is 0 Å². The standard InChI is InChI=1S/C10H15N3O/c1-7-5-11-9(12-6-7)13-8-3-4-10(8,2)14/h5-6,8,14H,3-4H2,1-2H3,(H,11,12,13)/t8-,10-/m1/s1. The number of hydrogen-bond donors (Lipinski definition) is 2. The molecule has 2 atom stereocenters. The minimum Gasteiger partial charge on any atom is -0.388 e. The number of rotatable bonds is 2. The molecule has 1 fully saturated rings. The molecule has 1 aromatic rings. The zero-order valence-electron chi connectivity index (χ0n) is 8.49. The Morgan fingerprint density at radius 2 is 2.14 bits per heavy atom. The van der Waals surface area contributed by atoms with Gasteiger partial charge in [0, 0.05) is 12.4 Å². The summed E-state index contributed by atoms with van der Waals surface area (Å²) in [5, 5.41) is 12.9. The Bertz CT molecular complexity index is 321. The Kier molecular flexibility index (Phi) is 2.15. The molecule has 1 saturated carbocycles. The lowest BCUT2D eigenvalue weighted by Gasteiger charge is -2.42. The highest BCUT2D eigenvalue weighted by Crippen LogP contribution is 2.33. The molecule has 0 aromatic carbocycles. The van der Waals surface area contributed by atoms with Gasteiger partial charge in [-0.3, -0.25) is 0 Å². The van der Waals surface area contributed by atoms with E-state index in [1.165, 1.54) is 0 Å². The molecule has 4 heteroatoms. The van der Waals surface area contributed by atoms with Crippen LogP contribution in [-0.4, -0.2) is 26.7 Å². The molecular weight excluding hydrogens is 178 g/mol. The third kappa shape index (κ3) is 1.70. The van der Waals surface area contributed by atoms with Crippen molar-refractivity contribution >= 4 is 5.95 Å². The van der Waals surface area contributed by atoms with Gasteiger partial charge < -0.3 is 10.4 Å². The quantitative estimate of drug-likeness (QED) is 0.738. The predicted octanol–water partition coefficient (Wildman–Crippen LogP) is 1.11. The summed E-state index contributed by atoms with van der Waals surface area (Å²) in [6.07, 6.45) is 5.35.